The quantitative estimate of drug-likeness (QED) is 0.775. The molecule has 1 heterocycles. The minimum Gasteiger partial charge on any atom is -0.461 e. The predicted molar refractivity (Wildman–Crippen MR) is 96.4 cm³/mol. The van der Waals surface area contributed by atoms with Crippen LogP contribution in [0.15, 0.2) is 60.7 Å². The van der Waals surface area contributed by atoms with Crippen molar-refractivity contribution < 1.29 is 19.1 Å². The molecule has 5 heteroatoms. The lowest BCUT2D eigenvalue weighted by Gasteiger charge is -2.13. The first-order chi connectivity index (χ1) is 12.7. The predicted octanol–water partition coefficient (Wildman–Crippen LogP) is 3.42. The third-order valence-electron chi connectivity index (χ3n) is 4.09. The van der Waals surface area contributed by atoms with Gasteiger partial charge in [0.25, 0.3) is 0 Å². The van der Waals surface area contributed by atoms with E-state index in [0.717, 1.165) is 5.56 Å². The molecule has 3 rings (SSSR count). The molecular formula is C21H21NO4. The number of hydrogen-bond acceptors (Lipinski definition) is 5. The highest BCUT2D eigenvalue weighted by molar-refractivity contribution is 5.89. The molecule has 5 nitrogen and oxygen atoms in total. The monoisotopic (exact) mass is 351 g/mol. The fourth-order valence-corrected chi connectivity index (χ4v) is 2.66. The maximum Gasteiger partial charge on any atom is 0.340 e. The molecule has 0 aliphatic carbocycles. The lowest BCUT2D eigenvalue weighted by Crippen LogP contribution is -2.28. The van der Waals surface area contributed by atoms with Crippen molar-refractivity contribution in [2.24, 2.45) is 0 Å². The van der Waals surface area contributed by atoms with Gasteiger partial charge in [-0.25, -0.2) is 4.79 Å². The summed E-state index contributed by atoms with van der Waals surface area (Å²) in [5.74, 6) is -0.627. The number of benzene rings is 2. The van der Waals surface area contributed by atoms with Gasteiger partial charge in [-0.3, -0.25) is 10.1 Å². The normalized spacial score (nSPS) is 17.0. The van der Waals surface area contributed by atoms with E-state index in [-0.39, 0.29) is 18.6 Å². The first-order valence-corrected chi connectivity index (χ1v) is 8.64. The Morgan fingerprint density at radius 1 is 1.00 bits per heavy atom. The van der Waals surface area contributed by atoms with E-state index in [2.05, 4.69) is 5.32 Å². The van der Waals surface area contributed by atoms with E-state index >= 15 is 0 Å². The minimum absolute atomic E-state index is 0.0675. The molecule has 0 spiro atoms. The summed E-state index contributed by atoms with van der Waals surface area (Å²) in [5.41, 5.74) is 1.47. The van der Waals surface area contributed by atoms with Crippen molar-refractivity contribution in [3.63, 3.8) is 0 Å². The molecule has 1 aliphatic rings. The van der Waals surface area contributed by atoms with Crippen molar-refractivity contribution in [3.05, 3.63) is 84.4 Å². The Labute approximate surface area is 153 Å². The molecule has 2 aromatic rings. The van der Waals surface area contributed by atoms with Crippen LogP contribution in [0.1, 0.15) is 35.2 Å². The topological polar surface area (TPSA) is 64.6 Å². The third kappa shape index (κ3) is 5.43. The first kappa shape index (κ1) is 18.1. The van der Waals surface area contributed by atoms with Gasteiger partial charge in [0.05, 0.1) is 5.56 Å². The maximum atomic E-state index is 12.0. The van der Waals surface area contributed by atoms with Crippen LogP contribution >= 0.6 is 0 Å². The number of ether oxygens (including phenoxy) is 2. The fraction of sp³-hybridized carbons (Fsp3) is 0.238. The average molecular weight is 351 g/mol. The number of carbonyl (C=O) groups is 2. The Kier molecular flexibility index (Phi) is 6.39. The molecule has 1 unspecified atom stereocenters. The molecule has 2 aromatic carbocycles. The smallest absolute Gasteiger partial charge is 0.340 e. The molecule has 0 amide bonds. The van der Waals surface area contributed by atoms with Crippen LogP contribution in [0.4, 0.5) is 0 Å². The zero-order chi connectivity index (χ0) is 18.2. The zero-order valence-corrected chi connectivity index (χ0v) is 14.4. The van der Waals surface area contributed by atoms with Gasteiger partial charge in [-0.1, -0.05) is 48.5 Å². The summed E-state index contributed by atoms with van der Waals surface area (Å²) in [5, 5.41) is 3.13. The number of nitrogens with one attached hydrogen (secondary N) is 1. The van der Waals surface area contributed by atoms with Gasteiger partial charge in [0.2, 0.25) is 6.23 Å². The zero-order valence-electron chi connectivity index (χ0n) is 14.4. The van der Waals surface area contributed by atoms with E-state index in [1.807, 2.05) is 42.8 Å². The summed E-state index contributed by atoms with van der Waals surface area (Å²) >= 11 is 0. The Morgan fingerprint density at radius 2 is 1.69 bits per heavy atom. The summed E-state index contributed by atoms with van der Waals surface area (Å²) in [6.07, 6.45) is 3.93. The van der Waals surface area contributed by atoms with E-state index in [4.69, 9.17) is 9.47 Å². The van der Waals surface area contributed by atoms with Crippen LogP contribution in [-0.4, -0.2) is 18.0 Å². The highest BCUT2D eigenvalue weighted by Gasteiger charge is 2.29. The van der Waals surface area contributed by atoms with Crippen LogP contribution in [0.3, 0.4) is 0 Å². The summed E-state index contributed by atoms with van der Waals surface area (Å²) in [4.78, 5) is 23.9. The summed E-state index contributed by atoms with van der Waals surface area (Å²) < 4.78 is 10.6. The van der Waals surface area contributed by atoms with Crippen LogP contribution in [0.2, 0.25) is 0 Å². The van der Waals surface area contributed by atoms with Crippen LogP contribution in [0.5, 0.6) is 0 Å². The minimum atomic E-state index is -0.396. The third-order valence-corrected chi connectivity index (χ3v) is 4.09. The Morgan fingerprint density at radius 3 is 2.42 bits per heavy atom. The molecule has 1 atom stereocenters. The van der Waals surface area contributed by atoms with E-state index in [1.54, 1.807) is 24.3 Å². The second kappa shape index (κ2) is 9.15. The molecule has 0 bridgehead atoms. The van der Waals surface area contributed by atoms with Crippen molar-refractivity contribution in [1.29, 1.82) is 0 Å². The van der Waals surface area contributed by atoms with Gasteiger partial charge in [0.1, 0.15) is 6.61 Å². The summed E-state index contributed by atoms with van der Waals surface area (Å²) in [7, 11) is 0. The average Bonchev–Trinajstić information content (AvgIpc) is 3.13. The second-order valence-electron chi connectivity index (χ2n) is 6.09. The van der Waals surface area contributed by atoms with Gasteiger partial charge in [-0.05, 0) is 30.5 Å². The molecule has 0 aromatic heterocycles. The molecule has 1 fully saturated rings. The van der Waals surface area contributed by atoms with Crippen LogP contribution in [-0.2, 0) is 20.9 Å². The number of rotatable bonds is 7. The number of esters is 2. The molecular weight excluding hydrogens is 330 g/mol. The summed E-state index contributed by atoms with van der Waals surface area (Å²) in [6.45, 7) is 0.288. The molecule has 1 saturated heterocycles. The first-order valence-electron chi connectivity index (χ1n) is 8.64. The molecule has 2 radical (unpaired) electrons. The van der Waals surface area contributed by atoms with Crippen molar-refractivity contribution in [2.45, 2.75) is 31.9 Å². The molecule has 134 valence electrons. The van der Waals surface area contributed by atoms with E-state index in [0.29, 0.717) is 31.1 Å². The van der Waals surface area contributed by atoms with Gasteiger partial charge in [-0.15, -0.1) is 0 Å². The second-order valence-corrected chi connectivity index (χ2v) is 6.09. The van der Waals surface area contributed by atoms with Gasteiger partial charge in [0.15, 0.2) is 0 Å². The Bertz CT molecular complexity index is 717. The van der Waals surface area contributed by atoms with Crippen LogP contribution < -0.4 is 5.32 Å². The Balaban J connectivity index is 1.35. The summed E-state index contributed by atoms with van der Waals surface area (Å²) in [6, 6.07) is 18.5. The van der Waals surface area contributed by atoms with Gasteiger partial charge < -0.3 is 9.47 Å². The lowest BCUT2D eigenvalue weighted by molar-refractivity contribution is -0.145. The van der Waals surface area contributed by atoms with Crippen LogP contribution in [0.25, 0.3) is 0 Å². The lowest BCUT2D eigenvalue weighted by atomic mass is 10.1. The molecule has 1 aliphatic heterocycles. The molecule has 0 saturated carbocycles. The van der Waals surface area contributed by atoms with Gasteiger partial charge in [0, 0.05) is 18.9 Å². The molecule has 1 N–H and O–H groups in total. The van der Waals surface area contributed by atoms with Crippen molar-refractivity contribution in [3.8, 4) is 0 Å². The largest absolute Gasteiger partial charge is 0.461 e. The molecule has 26 heavy (non-hydrogen) atoms. The van der Waals surface area contributed by atoms with Crippen molar-refractivity contribution in [1.82, 2.24) is 5.32 Å². The SMILES string of the molecule is O=C(CCC1C[CH][C](OC(=O)c2ccccc2)N1)OCc1ccccc1. The Hall–Kier alpha value is -2.66. The van der Waals surface area contributed by atoms with E-state index in [9.17, 15) is 9.59 Å². The number of carbonyl (C=O) groups excluding carboxylic acids is 2. The highest BCUT2D eigenvalue weighted by atomic mass is 16.6. The van der Waals surface area contributed by atoms with Crippen molar-refractivity contribution >= 4 is 11.9 Å². The van der Waals surface area contributed by atoms with Crippen molar-refractivity contribution in [2.75, 3.05) is 0 Å². The van der Waals surface area contributed by atoms with Crippen LogP contribution in [0, 0.1) is 12.6 Å². The fourth-order valence-electron chi connectivity index (χ4n) is 2.66. The maximum absolute atomic E-state index is 12.0. The van der Waals surface area contributed by atoms with Gasteiger partial charge in [-0.2, -0.15) is 0 Å². The van der Waals surface area contributed by atoms with Gasteiger partial charge >= 0.3 is 11.9 Å². The highest BCUT2D eigenvalue weighted by Crippen LogP contribution is 2.22. The number of hydrogen-bond donors (Lipinski definition) is 1. The standard InChI is InChI=1S/C21H21NO4/c23-20(25-15-16-7-3-1-4-8-16)14-12-18-11-13-19(22-18)26-21(24)17-9-5-2-6-10-17/h1-10,13,18,22H,11-12,14-15H2. The van der Waals surface area contributed by atoms with E-state index < -0.39 is 5.97 Å². The van der Waals surface area contributed by atoms with E-state index in [1.165, 1.54) is 0 Å².